The fraction of sp³-hybridized carbons (Fsp3) is 0.545. The predicted molar refractivity (Wildman–Crippen MR) is 59.0 cm³/mol. The zero-order chi connectivity index (χ0) is 10.4. The Kier molecular flexibility index (Phi) is 2.05. The van der Waals surface area contributed by atoms with E-state index in [9.17, 15) is 4.79 Å². The highest BCUT2D eigenvalue weighted by Crippen LogP contribution is 2.36. The molecule has 0 saturated carbocycles. The molecule has 0 amide bonds. The minimum Gasteiger partial charge on any atom is -0.352 e. The van der Waals surface area contributed by atoms with Gasteiger partial charge in [0.05, 0.1) is 6.10 Å². The van der Waals surface area contributed by atoms with Crippen molar-refractivity contribution in [2.45, 2.75) is 37.4 Å². The molecule has 2 atom stereocenters. The minimum atomic E-state index is -1.28. The van der Waals surface area contributed by atoms with E-state index in [0.29, 0.717) is 0 Å². The van der Waals surface area contributed by atoms with E-state index in [4.69, 9.17) is 4.74 Å². The van der Waals surface area contributed by atoms with Crippen LogP contribution in [0.2, 0.25) is 25.7 Å². The molecule has 0 aromatic carbocycles. The molecular weight excluding hydrogens is 192 g/mol. The van der Waals surface area contributed by atoms with E-state index < -0.39 is 13.7 Å². The van der Waals surface area contributed by atoms with Crippen LogP contribution in [0.4, 0.5) is 0 Å². The maximum Gasteiger partial charge on any atom is 0.190 e. The van der Waals surface area contributed by atoms with E-state index in [1.54, 1.807) is 6.08 Å². The lowest BCUT2D eigenvalue weighted by molar-refractivity contribution is -0.133. The summed E-state index contributed by atoms with van der Waals surface area (Å²) in [6.45, 7) is 6.79. The number of carbonyl (C=O) groups is 1. The van der Waals surface area contributed by atoms with Crippen LogP contribution in [0.25, 0.3) is 0 Å². The summed E-state index contributed by atoms with van der Waals surface area (Å²) in [5.41, 5.74) is -0.607. The SMILES string of the molecule is C[Si](C)(C)CC12C=CC(C=CC1=O)O2. The first kappa shape index (κ1) is 9.87. The summed E-state index contributed by atoms with van der Waals surface area (Å²) in [5.74, 6) is 0.116. The van der Waals surface area contributed by atoms with Gasteiger partial charge in [-0.25, -0.2) is 0 Å². The molecule has 0 fully saturated rings. The fourth-order valence-electron chi connectivity index (χ4n) is 2.11. The molecule has 0 aliphatic carbocycles. The zero-order valence-corrected chi connectivity index (χ0v) is 9.91. The Morgan fingerprint density at radius 2 is 2.14 bits per heavy atom. The standard InChI is InChI=1S/C11H16O2Si/c1-14(2,3)8-11-7-6-9(13-11)4-5-10(11)12/h4-7,9H,8H2,1-3H3. The van der Waals surface area contributed by atoms with Crippen molar-refractivity contribution in [3.05, 3.63) is 24.3 Å². The molecule has 3 heteroatoms. The van der Waals surface area contributed by atoms with E-state index in [2.05, 4.69) is 19.6 Å². The number of rotatable bonds is 2. The van der Waals surface area contributed by atoms with Crippen LogP contribution in [-0.2, 0) is 9.53 Å². The smallest absolute Gasteiger partial charge is 0.190 e. The minimum absolute atomic E-state index is 0.0315. The second kappa shape index (κ2) is 2.91. The highest BCUT2D eigenvalue weighted by atomic mass is 28.3. The molecule has 76 valence electrons. The summed E-state index contributed by atoms with van der Waals surface area (Å²) in [4.78, 5) is 11.8. The van der Waals surface area contributed by atoms with Gasteiger partial charge in [0.2, 0.25) is 0 Å². The van der Waals surface area contributed by atoms with Gasteiger partial charge in [-0.05, 0) is 24.3 Å². The molecule has 0 saturated heterocycles. The molecule has 2 nitrogen and oxygen atoms in total. The predicted octanol–water partition coefficient (Wildman–Crippen LogP) is 2.16. The molecule has 0 aromatic heterocycles. The Morgan fingerprint density at radius 1 is 1.43 bits per heavy atom. The Labute approximate surface area is 85.7 Å². The summed E-state index contributed by atoms with van der Waals surface area (Å²) in [5, 5.41) is 0. The van der Waals surface area contributed by atoms with Crippen LogP contribution < -0.4 is 0 Å². The molecule has 14 heavy (non-hydrogen) atoms. The summed E-state index contributed by atoms with van der Waals surface area (Å²) < 4.78 is 5.76. The van der Waals surface area contributed by atoms with Gasteiger partial charge in [-0.15, -0.1) is 0 Å². The third-order valence-electron chi connectivity index (χ3n) is 2.55. The molecule has 0 spiro atoms. The largest absolute Gasteiger partial charge is 0.352 e. The Bertz CT molecular complexity index is 325. The van der Waals surface area contributed by atoms with Crippen molar-refractivity contribution in [1.82, 2.24) is 0 Å². The van der Waals surface area contributed by atoms with Crippen molar-refractivity contribution >= 4 is 13.9 Å². The van der Waals surface area contributed by atoms with Crippen LogP contribution in [0.15, 0.2) is 24.3 Å². The number of ketones is 1. The number of ether oxygens (including phenoxy) is 1. The van der Waals surface area contributed by atoms with Crippen LogP contribution in [0.1, 0.15) is 0 Å². The Balaban J connectivity index is 2.28. The molecule has 2 aliphatic rings. The molecule has 2 unspecified atom stereocenters. The van der Waals surface area contributed by atoms with Gasteiger partial charge in [0.25, 0.3) is 0 Å². The van der Waals surface area contributed by atoms with Crippen molar-refractivity contribution in [1.29, 1.82) is 0 Å². The monoisotopic (exact) mass is 208 g/mol. The van der Waals surface area contributed by atoms with Crippen molar-refractivity contribution in [2.75, 3.05) is 0 Å². The zero-order valence-electron chi connectivity index (χ0n) is 8.91. The number of fused-ring (bicyclic) bond motifs is 2. The van der Waals surface area contributed by atoms with Crippen LogP contribution in [0.5, 0.6) is 0 Å². The topological polar surface area (TPSA) is 26.3 Å². The normalized spacial score (nSPS) is 35.4. The van der Waals surface area contributed by atoms with Crippen molar-refractivity contribution in [2.24, 2.45) is 0 Å². The van der Waals surface area contributed by atoms with E-state index >= 15 is 0 Å². The van der Waals surface area contributed by atoms with Crippen LogP contribution in [0.3, 0.4) is 0 Å². The molecule has 2 rings (SSSR count). The van der Waals surface area contributed by atoms with Crippen LogP contribution in [-0.4, -0.2) is 25.6 Å². The quantitative estimate of drug-likeness (QED) is 0.513. The second-order valence-corrected chi connectivity index (χ2v) is 10.8. The number of hydrogen-bond donors (Lipinski definition) is 0. The summed E-state index contributed by atoms with van der Waals surface area (Å²) >= 11 is 0. The molecule has 2 bridgehead atoms. The lowest BCUT2D eigenvalue weighted by Crippen LogP contribution is -2.45. The molecule has 2 heterocycles. The highest BCUT2D eigenvalue weighted by Gasteiger charge is 2.45. The van der Waals surface area contributed by atoms with Gasteiger partial charge in [-0.2, -0.15) is 0 Å². The first-order valence-corrected chi connectivity index (χ1v) is 8.72. The maximum atomic E-state index is 11.8. The van der Waals surface area contributed by atoms with Gasteiger partial charge in [-0.3, -0.25) is 4.79 Å². The number of carbonyl (C=O) groups excluding carboxylic acids is 1. The maximum absolute atomic E-state index is 11.8. The van der Waals surface area contributed by atoms with Crippen molar-refractivity contribution in [3.8, 4) is 0 Å². The highest BCUT2D eigenvalue weighted by molar-refractivity contribution is 6.76. The third-order valence-corrected chi connectivity index (χ3v) is 4.13. The molecule has 0 aromatic rings. The lowest BCUT2D eigenvalue weighted by atomic mass is 10.0. The van der Waals surface area contributed by atoms with Crippen LogP contribution in [0, 0.1) is 0 Å². The molecule has 0 radical (unpaired) electrons. The van der Waals surface area contributed by atoms with E-state index in [1.807, 2.05) is 18.2 Å². The first-order valence-electron chi connectivity index (χ1n) is 5.01. The fourth-order valence-corrected chi connectivity index (χ4v) is 4.07. The third kappa shape index (κ3) is 1.62. The summed E-state index contributed by atoms with van der Waals surface area (Å²) in [6.07, 6.45) is 7.48. The van der Waals surface area contributed by atoms with Gasteiger partial charge in [0.15, 0.2) is 5.78 Å². The van der Waals surface area contributed by atoms with E-state index in [-0.39, 0.29) is 11.9 Å². The van der Waals surface area contributed by atoms with E-state index in [1.165, 1.54) is 0 Å². The van der Waals surface area contributed by atoms with Crippen molar-refractivity contribution < 1.29 is 9.53 Å². The lowest BCUT2D eigenvalue weighted by Gasteiger charge is -2.33. The average Bonchev–Trinajstić information content (AvgIpc) is 2.36. The van der Waals surface area contributed by atoms with Gasteiger partial charge >= 0.3 is 0 Å². The molecule has 0 N–H and O–H groups in total. The summed E-state index contributed by atoms with van der Waals surface area (Å²) in [7, 11) is -1.28. The van der Waals surface area contributed by atoms with Gasteiger partial charge < -0.3 is 4.74 Å². The Morgan fingerprint density at radius 3 is 2.79 bits per heavy atom. The second-order valence-electron chi connectivity index (χ2n) is 5.29. The van der Waals surface area contributed by atoms with Gasteiger partial charge in [0.1, 0.15) is 5.60 Å². The number of hydrogen-bond acceptors (Lipinski definition) is 2. The van der Waals surface area contributed by atoms with E-state index in [0.717, 1.165) is 6.04 Å². The molecule has 2 aliphatic heterocycles. The van der Waals surface area contributed by atoms with Gasteiger partial charge in [0, 0.05) is 8.07 Å². The summed E-state index contributed by atoms with van der Waals surface area (Å²) in [6, 6.07) is 0.885. The van der Waals surface area contributed by atoms with Crippen LogP contribution >= 0.6 is 0 Å². The molecular formula is C11H16O2Si. The Hall–Kier alpha value is -0.673. The average molecular weight is 208 g/mol. The van der Waals surface area contributed by atoms with Gasteiger partial charge in [-0.1, -0.05) is 25.7 Å². The first-order chi connectivity index (χ1) is 6.41. The van der Waals surface area contributed by atoms with Crippen molar-refractivity contribution in [3.63, 3.8) is 0 Å².